The molecule has 0 aromatic carbocycles. The van der Waals surface area contributed by atoms with Gasteiger partial charge < -0.3 is 14.2 Å². The van der Waals surface area contributed by atoms with E-state index in [4.69, 9.17) is 14.2 Å². The maximum Gasteiger partial charge on any atom is 0.217 e. The molecule has 0 amide bonds. The van der Waals surface area contributed by atoms with Crippen molar-refractivity contribution in [2.75, 3.05) is 21.3 Å². The maximum atomic E-state index is 11.3. The highest BCUT2D eigenvalue weighted by Gasteiger charge is 2.22. The molecule has 1 unspecified atom stereocenters. The lowest BCUT2D eigenvalue weighted by Crippen LogP contribution is -2.30. The fourth-order valence-electron chi connectivity index (χ4n) is 0.889. The molecule has 0 radical (unpaired) electrons. The van der Waals surface area contributed by atoms with Crippen LogP contribution >= 0.6 is 0 Å². The van der Waals surface area contributed by atoms with Crippen molar-refractivity contribution in [1.29, 1.82) is 0 Å². The third kappa shape index (κ3) is 3.95. The largest absolute Gasteiger partial charge is 0.374 e. The molecule has 0 heterocycles. The van der Waals surface area contributed by atoms with Gasteiger partial charge in [-0.25, -0.2) is 0 Å². The predicted octanol–water partition coefficient (Wildman–Crippen LogP) is 0.168. The third-order valence-electron chi connectivity index (χ3n) is 1.85. The molecule has 0 rings (SSSR count). The van der Waals surface area contributed by atoms with Gasteiger partial charge in [0.25, 0.3) is 0 Å². The lowest BCUT2D eigenvalue weighted by molar-refractivity contribution is -0.158. The van der Waals surface area contributed by atoms with E-state index in [0.29, 0.717) is 0 Å². The Kier molecular flexibility index (Phi) is 6.27. The van der Waals surface area contributed by atoms with E-state index in [1.54, 1.807) is 6.92 Å². The van der Waals surface area contributed by atoms with Crippen LogP contribution in [0.15, 0.2) is 0 Å². The first kappa shape index (κ1) is 13.2. The van der Waals surface area contributed by atoms with Gasteiger partial charge in [0.1, 0.15) is 6.10 Å². The molecule has 0 fully saturated rings. The molecule has 0 N–H and O–H groups in total. The molecule has 0 aromatic heterocycles. The molecule has 0 spiro atoms. The van der Waals surface area contributed by atoms with Crippen molar-refractivity contribution in [3.05, 3.63) is 0 Å². The fraction of sp³-hybridized carbons (Fsp3) is 0.778. The number of ether oxygens (including phenoxy) is 3. The Labute approximate surface area is 83.3 Å². The Morgan fingerprint density at radius 2 is 1.50 bits per heavy atom. The number of methoxy groups -OCH3 is 3. The number of Topliss-reactive ketones (excluding diaryl/α,β-unsaturated/α-hetero) is 2. The summed E-state index contributed by atoms with van der Waals surface area (Å²) in [7, 11) is 4.10. The fourth-order valence-corrected chi connectivity index (χ4v) is 0.889. The van der Waals surface area contributed by atoms with Crippen LogP contribution < -0.4 is 0 Å². The number of hydrogen-bond donors (Lipinski definition) is 0. The Balaban J connectivity index is 4.11. The van der Waals surface area contributed by atoms with Crippen LogP contribution in [-0.2, 0) is 23.8 Å². The molecule has 0 aliphatic carbocycles. The predicted molar refractivity (Wildman–Crippen MR) is 48.9 cm³/mol. The quantitative estimate of drug-likeness (QED) is 0.437. The SMILES string of the molecule is COC(C)C(=O)CC(=O)C(OC)OC. The van der Waals surface area contributed by atoms with Crippen LogP contribution in [0.5, 0.6) is 0 Å². The van der Waals surface area contributed by atoms with Gasteiger partial charge in [-0.2, -0.15) is 0 Å². The highest BCUT2D eigenvalue weighted by Crippen LogP contribution is 2.02. The van der Waals surface area contributed by atoms with E-state index in [1.807, 2.05) is 0 Å². The van der Waals surface area contributed by atoms with Crippen LogP contribution in [0.3, 0.4) is 0 Å². The smallest absolute Gasteiger partial charge is 0.217 e. The summed E-state index contributed by atoms with van der Waals surface area (Å²) in [6.45, 7) is 1.59. The lowest BCUT2D eigenvalue weighted by Gasteiger charge is -2.12. The van der Waals surface area contributed by atoms with E-state index in [0.717, 1.165) is 0 Å². The summed E-state index contributed by atoms with van der Waals surface area (Å²) in [6, 6.07) is 0. The first-order valence-electron chi connectivity index (χ1n) is 4.20. The normalized spacial score (nSPS) is 12.9. The molecule has 0 aliphatic heterocycles. The Bertz CT molecular complexity index is 197. The monoisotopic (exact) mass is 204 g/mol. The second-order valence-electron chi connectivity index (χ2n) is 2.79. The zero-order valence-corrected chi connectivity index (χ0v) is 8.90. The topological polar surface area (TPSA) is 61.8 Å². The van der Waals surface area contributed by atoms with E-state index in [2.05, 4.69) is 0 Å². The Morgan fingerprint density at radius 3 is 1.86 bits per heavy atom. The van der Waals surface area contributed by atoms with Gasteiger partial charge in [-0.3, -0.25) is 9.59 Å². The Morgan fingerprint density at radius 1 is 1.00 bits per heavy atom. The van der Waals surface area contributed by atoms with Gasteiger partial charge in [0.05, 0.1) is 6.42 Å². The number of carbonyl (C=O) groups is 2. The van der Waals surface area contributed by atoms with Gasteiger partial charge in [-0.1, -0.05) is 0 Å². The minimum Gasteiger partial charge on any atom is -0.374 e. The number of carbonyl (C=O) groups excluding carboxylic acids is 2. The lowest BCUT2D eigenvalue weighted by atomic mass is 10.1. The molecular formula is C9H16O5. The second kappa shape index (κ2) is 6.64. The third-order valence-corrected chi connectivity index (χ3v) is 1.85. The van der Waals surface area contributed by atoms with Crippen LogP contribution in [-0.4, -0.2) is 45.3 Å². The van der Waals surface area contributed by atoms with Gasteiger partial charge in [-0.15, -0.1) is 0 Å². The van der Waals surface area contributed by atoms with E-state index in [9.17, 15) is 9.59 Å². The number of ketones is 2. The van der Waals surface area contributed by atoms with Crippen LogP contribution in [0.1, 0.15) is 13.3 Å². The van der Waals surface area contributed by atoms with E-state index < -0.39 is 18.2 Å². The summed E-state index contributed by atoms with van der Waals surface area (Å²) in [5, 5.41) is 0. The van der Waals surface area contributed by atoms with Crippen LogP contribution in [0.2, 0.25) is 0 Å². The summed E-state index contributed by atoms with van der Waals surface area (Å²) in [5.74, 6) is -0.680. The second-order valence-corrected chi connectivity index (χ2v) is 2.79. The molecule has 0 saturated carbocycles. The van der Waals surface area contributed by atoms with E-state index >= 15 is 0 Å². The number of hydrogen-bond acceptors (Lipinski definition) is 5. The van der Waals surface area contributed by atoms with Gasteiger partial charge in [0, 0.05) is 21.3 Å². The summed E-state index contributed by atoms with van der Waals surface area (Å²) in [4.78, 5) is 22.6. The molecule has 0 aromatic rings. The maximum absolute atomic E-state index is 11.3. The highest BCUT2D eigenvalue weighted by molar-refractivity contribution is 6.02. The van der Waals surface area contributed by atoms with Crippen molar-refractivity contribution in [3.8, 4) is 0 Å². The van der Waals surface area contributed by atoms with E-state index in [-0.39, 0.29) is 12.2 Å². The molecule has 14 heavy (non-hydrogen) atoms. The first-order chi connectivity index (χ1) is 6.56. The average Bonchev–Trinajstić information content (AvgIpc) is 2.18. The molecule has 0 aliphatic rings. The van der Waals surface area contributed by atoms with Gasteiger partial charge in [0.2, 0.25) is 6.29 Å². The van der Waals surface area contributed by atoms with Crippen LogP contribution in [0, 0.1) is 0 Å². The van der Waals surface area contributed by atoms with Gasteiger partial charge in [-0.05, 0) is 6.92 Å². The molecule has 1 atom stereocenters. The van der Waals surface area contributed by atoms with Crippen LogP contribution in [0.25, 0.3) is 0 Å². The van der Waals surface area contributed by atoms with E-state index in [1.165, 1.54) is 21.3 Å². The zero-order valence-electron chi connectivity index (χ0n) is 8.90. The standard InChI is InChI=1S/C9H16O5/c1-6(12-2)7(10)5-8(11)9(13-3)14-4/h6,9H,5H2,1-4H3. The van der Waals surface area contributed by atoms with Crippen molar-refractivity contribution in [2.45, 2.75) is 25.7 Å². The van der Waals surface area contributed by atoms with Crippen molar-refractivity contribution in [2.24, 2.45) is 0 Å². The Hall–Kier alpha value is -0.780. The van der Waals surface area contributed by atoms with Crippen molar-refractivity contribution >= 4 is 11.6 Å². The summed E-state index contributed by atoms with van der Waals surface area (Å²) in [5.41, 5.74) is 0. The minimum absolute atomic E-state index is 0.235. The molecule has 0 bridgehead atoms. The number of rotatable bonds is 7. The summed E-state index contributed by atoms with van der Waals surface area (Å²) in [6.07, 6.45) is -1.78. The summed E-state index contributed by atoms with van der Waals surface area (Å²) < 4.78 is 14.2. The highest BCUT2D eigenvalue weighted by atomic mass is 16.7. The van der Waals surface area contributed by atoms with Crippen molar-refractivity contribution in [1.82, 2.24) is 0 Å². The van der Waals surface area contributed by atoms with Crippen molar-refractivity contribution < 1.29 is 23.8 Å². The zero-order chi connectivity index (χ0) is 11.1. The van der Waals surface area contributed by atoms with Crippen LogP contribution in [0.4, 0.5) is 0 Å². The average molecular weight is 204 g/mol. The summed E-state index contributed by atoms with van der Waals surface area (Å²) >= 11 is 0. The molecular weight excluding hydrogens is 188 g/mol. The molecule has 5 nitrogen and oxygen atoms in total. The first-order valence-corrected chi connectivity index (χ1v) is 4.20. The van der Waals surface area contributed by atoms with Gasteiger partial charge >= 0.3 is 0 Å². The van der Waals surface area contributed by atoms with Crippen molar-refractivity contribution in [3.63, 3.8) is 0 Å². The molecule has 5 heteroatoms. The van der Waals surface area contributed by atoms with Gasteiger partial charge in [0.15, 0.2) is 11.6 Å². The minimum atomic E-state index is -0.969. The molecule has 0 saturated heterocycles. The molecule has 82 valence electrons.